The van der Waals surface area contributed by atoms with Crippen molar-refractivity contribution in [3.05, 3.63) is 10.6 Å². The van der Waals surface area contributed by atoms with E-state index < -0.39 is 0 Å². The lowest BCUT2D eigenvalue weighted by Gasteiger charge is -2.20. The zero-order valence-corrected chi connectivity index (χ0v) is 12.6. The molecule has 0 bridgehead atoms. The fourth-order valence-electron chi connectivity index (χ4n) is 1.62. The number of rotatable bonds is 6. The molecule has 1 atom stereocenters. The minimum absolute atomic E-state index is 0.0739. The van der Waals surface area contributed by atoms with Crippen LogP contribution < -0.4 is 4.90 Å². The van der Waals surface area contributed by atoms with Crippen LogP contribution >= 0.6 is 11.3 Å². The fourth-order valence-corrected chi connectivity index (χ4v) is 2.59. The Morgan fingerprint density at radius 3 is 2.79 bits per heavy atom. The summed E-state index contributed by atoms with van der Waals surface area (Å²) in [5.74, 6) is -0.456. The molecule has 19 heavy (non-hydrogen) atoms. The third-order valence-electron chi connectivity index (χ3n) is 2.62. The van der Waals surface area contributed by atoms with Crippen molar-refractivity contribution in [2.75, 3.05) is 24.6 Å². The van der Waals surface area contributed by atoms with Crippen molar-refractivity contribution >= 4 is 22.4 Å². The first kappa shape index (κ1) is 15.4. The number of aryl methyl sites for hydroxylation is 1. The molecule has 0 aromatic carbocycles. The summed E-state index contributed by atoms with van der Waals surface area (Å²) < 4.78 is 4.97. The van der Waals surface area contributed by atoms with Crippen molar-refractivity contribution in [3.63, 3.8) is 0 Å². The second kappa shape index (κ2) is 7.10. The van der Waals surface area contributed by atoms with Gasteiger partial charge in [0.1, 0.15) is 0 Å². The van der Waals surface area contributed by atoms with Crippen molar-refractivity contribution in [3.8, 4) is 6.07 Å². The third kappa shape index (κ3) is 3.93. The zero-order valence-electron chi connectivity index (χ0n) is 11.8. The van der Waals surface area contributed by atoms with Gasteiger partial charge in [0.25, 0.3) is 0 Å². The van der Waals surface area contributed by atoms with E-state index in [2.05, 4.69) is 11.1 Å². The minimum atomic E-state index is -0.383. The number of aromatic nitrogens is 1. The van der Waals surface area contributed by atoms with Gasteiger partial charge in [0.2, 0.25) is 0 Å². The van der Waals surface area contributed by atoms with E-state index in [0.29, 0.717) is 18.8 Å². The van der Waals surface area contributed by atoms with Gasteiger partial charge in [0.05, 0.1) is 18.6 Å². The summed E-state index contributed by atoms with van der Waals surface area (Å²) in [4.78, 5) is 18.9. The predicted molar refractivity (Wildman–Crippen MR) is 75.5 cm³/mol. The molecule has 1 unspecified atom stereocenters. The highest BCUT2D eigenvalue weighted by Crippen LogP contribution is 2.26. The molecular formula is C13H19N3O2S. The molecular weight excluding hydrogens is 262 g/mol. The standard InChI is InChI=1S/C13H19N3O2S/c1-5-16(8-9(3)7-14)13-15-11(10(4)19-13)12(17)18-6-2/h9H,5-6,8H2,1-4H3. The Hall–Kier alpha value is -1.61. The molecule has 0 saturated carbocycles. The quantitative estimate of drug-likeness (QED) is 0.750. The number of ether oxygens (including phenoxy) is 1. The van der Waals surface area contributed by atoms with Crippen LogP contribution in [0.1, 0.15) is 36.1 Å². The topological polar surface area (TPSA) is 66.2 Å². The van der Waals surface area contributed by atoms with Crippen LogP contribution in [0.2, 0.25) is 0 Å². The lowest BCUT2D eigenvalue weighted by atomic mass is 10.2. The van der Waals surface area contributed by atoms with E-state index in [-0.39, 0.29) is 11.9 Å². The number of hydrogen-bond donors (Lipinski definition) is 0. The first-order valence-corrected chi connectivity index (χ1v) is 7.14. The SMILES string of the molecule is CCOC(=O)c1nc(N(CC)CC(C)C#N)sc1C. The van der Waals surface area contributed by atoms with Crippen LogP contribution in [-0.2, 0) is 4.74 Å². The van der Waals surface area contributed by atoms with Crippen molar-refractivity contribution in [2.45, 2.75) is 27.7 Å². The van der Waals surface area contributed by atoms with Crippen LogP contribution in [0.4, 0.5) is 5.13 Å². The van der Waals surface area contributed by atoms with Crippen molar-refractivity contribution in [1.82, 2.24) is 4.98 Å². The van der Waals surface area contributed by atoms with Gasteiger partial charge in [-0.05, 0) is 27.7 Å². The molecule has 1 rings (SSSR count). The molecule has 0 saturated heterocycles. The second-order valence-corrected chi connectivity index (χ2v) is 5.37. The number of esters is 1. The van der Waals surface area contributed by atoms with Gasteiger partial charge < -0.3 is 9.64 Å². The van der Waals surface area contributed by atoms with Gasteiger partial charge in [-0.25, -0.2) is 9.78 Å². The summed E-state index contributed by atoms with van der Waals surface area (Å²) in [7, 11) is 0. The van der Waals surface area contributed by atoms with Gasteiger partial charge in [-0.1, -0.05) is 0 Å². The van der Waals surface area contributed by atoms with Crippen molar-refractivity contribution < 1.29 is 9.53 Å². The van der Waals surface area contributed by atoms with Gasteiger partial charge in [-0.2, -0.15) is 5.26 Å². The molecule has 0 fully saturated rings. The monoisotopic (exact) mass is 281 g/mol. The Kier molecular flexibility index (Phi) is 5.77. The van der Waals surface area contributed by atoms with Crippen molar-refractivity contribution in [1.29, 1.82) is 5.26 Å². The molecule has 0 aliphatic carbocycles. The maximum Gasteiger partial charge on any atom is 0.358 e. The molecule has 6 heteroatoms. The van der Waals surface area contributed by atoms with E-state index in [1.54, 1.807) is 6.92 Å². The average Bonchev–Trinajstić information content (AvgIpc) is 2.77. The molecule has 104 valence electrons. The number of nitriles is 1. The number of carbonyl (C=O) groups is 1. The van der Waals surface area contributed by atoms with E-state index in [1.165, 1.54) is 11.3 Å². The highest BCUT2D eigenvalue weighted by Gasteiger charge is 2.20. The number of carbonyl (C=O) groups excluding carboxylic acids is 1. The molecule has 1 aromatic heterocycles. The van der Waals surface area contributed by atoms with Crippen molar-refractivity contribution in [2.24, 2.45) is 5.92 Å². The average molecular weight is 281 g/mol. The first-order chi connectivity index (χ1) is 9.03. The molecule has 1 heterocycles. The number of nitrogens with zero attached hydrogens (tertiary/aromatic N) is 3. The summed E-state index contributed by atoms with van der Waals surface area (Å²) in [6, 6.07) is 2.21. The summed E-state index contributed by atoms with van der Waals surface area (Å²) in [5.41, 5.74) is 0.380. The highest BCUT2D eigenvalue weighted by molar-refractivity contribution is 7.15. The number of thiazole rings is 1. The van der Waals surface area contributed by atoms with Crippen LogP contribution in [0.5, 0.6) is 0 Å². The summed E-state index contributed by atoms with van der Waals surface area (Å²) in [6.07, 6.45) is 0. The Morgan fingerprint density at radius 2 is 2.26 bits per heavy atom. The van der Waals surface area contributed by atoms with E-state index in [9.17, 15) is 4.79 Å². The molecule has 0 amide bonds. The molecule has 0 N–H and O–H groups in total. The maximum atomic E-state index is 11.7. The summed E-state index contributed by atoms with van der Waals surface area (Å²) in [6.45, 7) is 9.21. The first-order valence-electron chi connectivity index (χ1n) is 6.32. The van der Waals surface area contributed by atoms with Gasteiger partial charge >= 0.3 is 5.97 Å². The normalized spacial score (nSPS) is 11.7. The number of anilines is 1. The van der Waals surface area contributed by atoms with E-state index in [0.717, 1.165) is 16.6 Å². The van der Waals surface area contributed by atoms with E-state index in [4.69, 9.17) is 10.00 Å². The third-order valence-corrected chi connectivity index (χ3v) is 3.65. The molecule has 5 nitrogen and oxygen atoms in total. The smallest absolute Gasteiger partial charge is 0.358 e. The van der Waals surface area contributed by atoms with Gasteiger partial charge in [-0.15, -0.1) is 11.3 Å². The summed E-state index contributed by atoms with van der Waals surface area (Å²) in [5, 5.41) is 9.64. The molecule has 1 aromatic rings. The van der Waals surface area contributed by atoms with Crippen LogP contribution in [0.15, 0.2) is 0 Å². The second-order valence-electron chi connectivity index (χ2n) is 4.19. The predicted octanol–water partition coefficient (Wildman–Crippen LogP) is 2.61. The molecule has 0 spiro atoms. The summed E-state index contributed by atoms with van der Waals surface area (Å²) >= 11 is 1.46. The lowest BCUT2D eigenvalue weighted by Crippen LogP contribution is -2.27. The largest absolute Gasteiger partial charge is 0.461 e. The number of hydrogen-bond acceptors (Lipinski definition) is 6. The molecule has 0 aliphatic heterocycles. The van der Waals surface area contributed by atoms with Crippen LogP contribution in [0, 0.1) is 24.2 Å². The Labute approximate surface area is 117 Å². The Bertz CT molecular complexity index is 479. The lowest BCUT2D eigenvalue weighted by molar-refractivity contribution is 0.0519. The maximum absolute atomic E-state index is 11.7. The highest BCUT2D eigenvalue weighted by atomic mass is 32.1. The van der Waals surface area contributed by atoms with E-state index in [1.807, 2.05) is 25.7 Å². The zero-order chi connectivity index (χ0) is 14.4. The fraction of sp³-hybridized carbons (Fsp3) is 0.615. The Morgan fingerprint density at radius 1 is 1.58 bits per heavy atom. The van der Waals surface area contributed by atoms with Gasteiger partial charge in [-0.3, -0.25) is 0 Å². The van der Waals surface area contributed by atoms with Gasteiger partial charge in [0.15, 0.2) is 10.8 Å². The molecule has 0 aliphatic rings. The van der Waals surface area contributed by atoms with Gasteiger partial charge in [0, 0.05) is 18.0 Å². The Balaban J connectivity index is 2.92. The minimum Gasteiger partial charge on any atom is -0.461 e. The van der Waals surface area contributed by atoms with Crippen LogP contribution in [-0.4, -0.2) is 30.6 Å². The van der Waals surface area contributed by atoms with Crippen LogP contribution in [0.3, 0.4) is 0 Å². The molecule has 0 radical (unpaired) electrons. The van der Waals surface area contributed by atoms with Crippen LogP contribution in [0.25, 0.3) is 0 Å². The van der Waals surface area contributed by atoms with E-state index >= 15 is 0 Å².